The number of hydrogen-bond donors (Lipinski definition) is 2. The summed E-state index contributed by atoms with van der Waals surface area (Å²) in [6, 6.07) is 0.151. The van der Waals surface area contributed by atoms with Gasteiger partial charge in [0, 0.05) is 31.3 Å². The van der Waals surface area contributed by atoms with Gasteiger partial charge >= 0.3 is 0 Å². The van der Waals surface area contributed by atoms with Gasteiger partial charge in [0.2, 0.25) is 5.91 Å². The van der Waals surface area contributed by atoms with Crippen LogP contribution in [-0.2, 0) is 14.3 Å². The van der Waals surface area contributed by atoms with Gasteiger partial charge in [0.05, 0.1) is 18.1 Å². The van der Waals surface area contributed by atoms with Crippen LogP contribution in [0.15, 0.2) is 0 Å². The Bertz CT molecular complexity index is 375. The number of rotatable bonds is 7. The summed E-state index contributed by atoms with van der Waals surface area (Å²) in [6.07, 6.45) is 4.30. The molecule has 1 aliphatic carbocycles. The molecule has 5 nitrogen and oxygen atoms in total. The van der Waals surface area contributed by atoms with Gasteiger partial charge < -0.3 is 19.9 Å². The first-order chi connectivity index (χ1) is 10.6. The van der Waals surface area contributed by atoms with Gasteiger partial charge in [0.15, 0.2) is 0 Å². The summed E-state index contributed by atoms with van der Waals surface area (Å²) in [5, 5.41) is 13.0. The van der Waals surface area contributed by atoms with E-state index in [2.05, 4.69) is 19.2 Å². The van der Waals surface area contributed by atoms with Crippen LogP contribution in [0.3, 0.4) is 0 Å². The van der Waals surface area contributed by atoms with Crippen LogP contribution in [0.25, 0.3) is 0 Å². The Morgan fingerprint density at radius 2 is 1.91 bits per heavy atom. The molecule has 0 aromatic carbocycles. The molecule has 1 aliphatic heterocycles. The fourth-order valence-electron chi connectivity index (χ4n) is 4.11. The summed E-state index contributed by atoms with van der Waals surface area (Å²) in [7, 11) is 0. The minimum absolute atomic E-state index is 0.00970. The molecule has 2 aliphatic rings. The molecule has 1 heterocycles. The van der Waals surface area contributed by atoms with E-state index in [4.69, 9.17) is 9.47 Å². The lowest BCUT2D eigenvalue weighted by Gasteiger charge is -2.56. The van der Waals surface area contributed by atoms with Crippen molar-refractivity contribution in [2.75, 3.05) is 26.4 Å². The van der Waals surface area contributed by atoms with Crippen LogP contribution < -0.4 is 5.32 Å². The first kappa shape index (κ1) is 17.7. The molecule has 22 heavy (non-hydrogen) atoms. The molecule has 1 saturated heterocycles. The van der Waals surface area contributed by atoms with Gasteiger partial charge in [-0.1, -0.05) is 13.8 Å². The Morgan fingerprint density at radius 3 is 2.41 bits per heavy atom. The summed E-state index contributed by atoms with van der Waals surface area (Å²) in [5.41, 5.74) is -0.629. The summed E-state index contributed by atoms with van der Waals surface area (Å²) in [6.45, 7) is 8.07. The molecule has 0 aromatic heterocycles. The maximum absolute atomic E-state index is 12.8. The molecule has 2 unspecified atom stereocenters. The Hall–Kier alpha value is -0.650. The van der Waals surface area contributed by atoms with Crippen molar-refractivity contribution < 1.29 is 19.4 Å². The number of ether oxygens (including phenoxy) is 2. The van der Waals surface area contributed by atoms with Gasteiger partial charge in [-0.25, -0.2) is 0 Å². The van der Waals surface area contributed by atoms with E-state index in [0.717, 1.165) is 19.3 Å². The topological polar surface area (TPSA) is 67.8 Å². The fourth-order valence-corrected chi connectivity index (χ4v) is 4.11. The molecule has 2 N–H and O–H groups in total. The molecule has 1 amide bonds. The van der Waals surface area contributed by atoms with Gasteiger partial charge in [-0.15, -0.1) is 0 Å². The zero-order valence-electron chi connectivity index (χ0n) is 14.2. The lowest BCUT2D eigenvalue weighted by atomic mass is 9.58. The van der Waals surface area contributed by atoms with Crippen molar-refractivity contribution in [2.24, 2.45) is 10.8 Å². The average molecular weight is 313 g/mol. The van der Waals surface area contributed by atoms with Crippen LogP contribution in [0.4, 0.5) is 0 Å². The van der Waals surface area contributed by atoms with E-state index in [1.807, 2.05) is 6.92 Å². The lowest BCUT2D eigenvalue weighted by molar-refractivity contribution is -0.159. The molecule has 2 fully saturated rings. The Morgan fingerprint density at radius 1 is 1.27 bits per heavy atom. The van der Waals surface area contributed by atoms with Gasteiger partial charge in [-0.2, -0.15) is 0 Å². The molecule has 5 heteroatoms. The third kappa shape index (κ3) is 2.91. The molecule has 1 saturated carbocycles. The number of amides is 1. The van der Waals surface area contributed by atoms with Crippen LogP contribution >= 0.6 is 0 Å². The number of carbonyl (C=O) groups excluding carboxylic acids is 1. The van der Waals surface area contributed by atoms with Crippen molar-refractivity contribution in [3.8, 4) is 0 Å². The third-order valence-corrected chi connectivity index (χ3v) is 6.01. The Kier molecular flexibility index (Phi) is 5.86. The van der Waals surface area contributed by atoms with E-state index in [1.54, 1.807) is 0 Å². The fraction of sp³-hybridized carbons (Fsp3) is 0.941. The van der Waals surface area contributed by atoms with E-state index in [9.17, 15) is 9.90 Å². The largest absolute Gasteiger partial charge is 0.395 e. The van der Waals surface area contributed by atoms with Gasteiger partial charge in [-0.05, 0) is 39.0 Å². The van der Waals surface area contributed by atoms with Crippen LogP contribution in [0.1, 0.15) is 52.9 Å². The monoisotopic (exact) mass is 313 g/mol. The number of aliphatic hydroxyl groups excluding tert-OH is 1. The molecule has 2 atom stereocenters. The molecule has 0 aromatic rings. The molecular formula is C17H31NO4. The first-order valence-corrected chi connectivity index (χ1v) is 8.69. The SMILES string of the molecule is CCOC1CC(NC(=O)C2(CO)CCOCC2)C1(CC)CC. The van der Waals surface area contributed by atoms with Crippen molar-refractivity contribution in [2.45, 2.75) is 65.0 Å². The molecular weight excluding hydrogens is 282 g/mol. The van der Waals surface area contributed by atoms with Crippen LogP contribution in [-0.4, -0.2) is 49.6 Å². The number of aliphatic hydroxyl groups is 1. The number of nitrogens with one attached hydrogen (secondary N) is 1. The van der Waals surface area contributed by atoms with Crippen LogP contribution in [0.5, 0.6) is 0 Å². The van der Waals surface area contributed by atoms with Crippen molar-refractivity contribution in [1.82, 2.24) is 5.32 Å². The van der Waals surface area contributed by atoms with E-state index in [0.29, 0.717) is 32.7 Å². The summed E-state index contributed by atoms with van der Waals surface area (Å²) in [4.78, 5) is 12.8. The summed E-state index contributed by atoms with van der Waals surface area (Å²) in [5.74, 6) is -0.00970. The molecule has 0 radical (unpaired) electrons. The van der Waals surface area contributed by atoms with Crippen molar-refractivity contribution >= 4 is 5.91 Å². The van der Waals surface area contributed by atoms with E-state index < -0.39 is 5.41 Å². The second-order valence-electron chi connectivity index (χ2n) is 6.70. The zero-order chi connectivity index (χ0) is 16.2. The van der Waals surface area contributed by atoms with Gasteiger partial charge in [0.25, 0.3) is 0 Å². The Labute approximate surface area is 133 Å². The standard InChI is InChI=1S/C17H31NO4/c1-4-17(5-2)13(11-14(17)22-6-3)18-15(20)16(12-19)7-9-21-10-8-16/h13-14,19H,4-12H2,1-3H3,(H,18,20). The normalized spacial score (nSPS) is 29.6. The summed E-state index contributed by atoms with van der Waals surface area (Å²) >= 11 is 0. The highest BCUT2D eigenvalue weighted by molar-refractivity contribution is 5.83. The quantitative estimate of drug-likeness (QED) is 0.753. The maximum atomic E-state index is 12.8. The van der Waals surface area contributed by atoms with E-state index >= 15 is 0 Å². The van der Waals surface area contributed by atoms with Crippen LogP contribution in [0.2, 0.25) is 0 Å². The highest BCUT2D eigenvalue weighted by atomic mass is 16.5. The predicted molar refractivity (Wildman–Crippen MR) is 84.5 cm³/mol. The summed E-state index contributed by atoms with van der Waals surface area (Å²) < 4.78 is 11.2. The molecule has 0 bridgehead atoms. The van der Waals surface area contributed by atoms with Crippen molar-refractivity contribution in [3.63, 3.8) is 0 Å². The minimum atomic E-state index is -0.665. The molecule has 128 valence electrons. The number of carbonyl (C=O) groups is 1. The van der Waals surface area contributed by atoms with Gasteiger partial charge in [-0.3, -0.25) is 4.79 Å². The minimum Gasteiger partial charge on any atom is -0.395 e. The second kappa shape index (κ2) is 7.28. The smallest absolute Gasteiger partial charge is 0.228 e. The van der Waals surface area contributed by atoms with E-state index in [-0.39, 0.29) is 30.1 Å². The van der Waals surface area contributed by atoms with Crippen molar-refractivity contribution in [1.29, 1.82) is 0 Å². The predicted octanol–water partition coefficient (Wildman–Crippen LogP) is 1.88. The number of hydrogen-bond acceptors (Lipinski definition) is 4. The third-order valence-electron chi connectivity index (χ3n) is 6.01. The first-order valence-electron chi connectivity index (χ1n) is 8.69. The van der Waals surface area contributed by atoms with Gasteiger partial charge in [0.1, 0.15) is 0 Å². The highest BCUT2D eigenvalue weighted by Crippen LogP contribution is 2.49. The maximum Gasteiger partial charge on any atom is 0.228 e. The van der Waals surface area contributed by atoms with Crippen LogP contribution in [0, 0.1) is 10.8 Å². The second-order valence-corrected chi connectivity index (χ2v) is 6.70. The lowest BCUT2D eigenvalue weighted by Crippen LogP contribution is -2.66. The Balaban J connectivity index is 2.04. The average Bonchev–Trinajstić information content (AvgIpc) is 2.55. The molecule has 0 spiro atoms. The highest BCUT2D eigenvalue weighted by Gasteiger charge is 2.55. The zero-order valence-corrected chi connectivity index (χ0v) is 14.2. The van der Waals surface area contributed by atoms with Crippen molar-refractivity contribution in [3.05, 3.63) is 0 Å². The van der Waals surface area contributed by atoms with E-state index in [1.165, 1.54) is 0 Å². The molecule has 2 rings (SSSR count).